The fraction of sp³-hybridized carbons (Fsp3) is 0. The number of benzene rings is 9. The summed E-state index contributed by atoms with van der Waals surface area (Å²) in [5, 5.41) is 9.00. The maximum Gasteiger partial charge on any atom is 0.227 e. The van der Waals surface area contributed by atoms with Crippen LogP contribution in [0.25, 0.3) is 120 Å². The van der Waals surface area contributed by atoms with E-state index in [2.05, 4.69) is 140 Å². The van der Waals surface area contributed by atoms with Gasteiger partial charge in [0.15, 0.2) is 23.1 Å². The van der Waals surface area contributed by atoms with E-state index < -0.39 is 0 Å². The van der Waals surface area contributed by atoms with E-state index in [1.54, 1.807) is 11.3 Å². The Morgan fingerprint density at radius 3 is 1.67 bits per heavy atom. The van der Waals surface area contributed by atoms with Crippen molar-refractivity contribution in [1.82, 2.24) is 19.9 Å². The zero-order valence-electron chi connectivity index (χ0n) is 30.9. The van der Waals surface area contributed by atoms with Crippen LogP contribution in [-0.2, 0) is 0 Å². The molecule has 0 saturated carbocycles. The van der Waals surface area contributed by atoms with Crippen molar-refractivity contribution >= 4 is 74.9 Å². The van der Waals surface area contributed by atoms with Gasteiger partial charge in [-0.3, -0.25) is 0 Å². The molecular formula is C52H30N4OS. The lowest BCUT2D eigenvalue weighted by atomic mass is 9.94. The number of nitrogens with zero attached hydrogens (tertiary/aromatic N) is 4. The summed E-state index contributed by atoms with van der Waals surface area (Å²) in [6, 6.07) is 63.5. The summed E-state index contributed by atoms with van der Waals surface area (Å²) in [5.41, 5.74) is 7.56. The third kappa shape index (κ3) is 5.38. The van der Waals surface area contributed by atoms with Crippen molar-refractivity contribution in [2.24, 2.45) is 0 Å². The first-order chi connectivity index (χ1) is 28.7. The Kier molecular flexibility index (Phi) is 7.33. The molecule has 0 radical (unpaired) electrons. The topological polar surface area (TPSA) is 64.7 Å². The van der Waals surface area contributed by atoms with Crippen molar-refractivity contribution in [3.63, 3.8) is 0 Å². The van der Waals surface area contributed by atoms with Gasteiger partial charge >= 0.3 is 0 Å². The molecule has 0 aliphatic carbocycles. The second-order valence-electron chi connectivity index (χ2n) is 14.6. The number of hydrogen-bond donors (Lipinski definition) is 0. The predicted molar refractivity (Wildman–Crippen MR) is 240 cm³/mol. The van der Waals surface area contributed by atoms with E-state index >= 15 is 0 Å². The van der Waals surface area contributed by atoms with Crippen LogP contribution < -0.4 is 0 Å². The Morgan fingerprint density at radius 2 is 0.897 bits per heavy atom. The molecule has 12 aromatic rings. The Hall–Kier alpha value is -7.54. The smallest absolute Gasteiger partial charge is 0.227 e. The van der Waals surface area contributed by atoms with E-state index in [0.717, 1.165) is 76.8 Å². The summed E-state index contributed by atoms with van der Waals surface area (Å²) in [4.78, 5) is 20.6. The summed E-state index contributed by atoms with van der Waals surface area (Å²) < 4.78 is 9.12. The predicted octanol–water partition coefficient (Wildman–Crippen LogP) is 14.2. The number of thiophene rings is 1. The van der Waals surface area contributed by atoms with Gasteiger partial charge in [-0.1, -0.05) is 127 Å². The Balaban J connectivity index is 1.09. The lowest BCUT2D eigenvalue weighted by molar-refractivity contribution is 0.623. The molecular weight excluding hydrogens is 729 g/mol. The van der Waals surface area contributed by atoms with Crippen LogP contribution in [0.4, 0.5) is 0 Å². The minimum Gasteiger partial charge on any atom is -0.435 e. The highest BCUT2D eigenvalue weighted by molar-refractivity contribution is 7.25. The molecule has 0 aliphatic rings. The first kappa shape index (κ1) is 32.7. The molecule has 0 amide bonds. The summed E-state index contributed by atoms with van der Waals surface area (Å²) >= 11 is 1.80. The molecule has 0 N–H and O–H groups in total. The molecule has 58 heavy (non-hydrogen) atoms. The van der Waals surface area contributed by atoms with Gasteiger partial charge in [0, 0.05) is 53.2 Å². The summed E-state index contributed by atoms with van der Waals surface area (Å²) in [5.74, 6) is 2.46. The highest BCUT2D eigenvalue weighted by Crippen LogP contribution is 2.40. The number of fused-ring (bicyclic) bond motifs is 10. The molecule has 0 aliphatic heterocycles. The monoisotopic (exact) mass is 758 g/mol. The SMILES string of the molecule is c1ccc(-c2cccc(-c3nc(-c4ccc5sc6ccccc6c5c4)nc(-c4ccc5ccc6ccc7ccc8nc(-c9ccccc9)oc8c7c6c5c4)n3)c2)cc1. The fourth-order valence-electron chi connectivity index (χ4n) is 8.28. The van der Waals surface area contributed by atoms with Crippen molar-refractivity contribution in [3.05, 3.63) is 182 Å². The molecule has 12 rings (SSSR count). The van der Waals surface area contributed by atoms with Crippen LogP contribution in [0, 0.1) is 0 Å². The number of oxazole rings is 1. The second-order valence-corrected chi connectivity index (χ2v) is 15.7. The van der Waals surface area contributed by atoms with Crippen LogP contribution in [0.1, 0.15) is 0 Å². The van der Waals surface area contributed by atoms with E-state index in [9.17, 15) is 0 Å². The van der Waals surface area contributed by atoms with Gasteiger partial charge < -0.3 is 4.42 Å². The Labute approximate surface area is 336 Å². The summed E-state index contributed by atoms with van der Waals surface area (Å²) in [6.45, 7) is 0. The molecule has 0 saturated heterocycles. The fourth-order valence-corrected chi connectivity index (χ4v) is 9.36. The van der Waals surface area contributed by atoms with Crippen LogP contribution >= 0.6 is 11.3 Å². The van der Waals surface area contributed by atoms with Crippen LogP contribution in [0.5, 0.6) is 0 Å². The van der Waals surface area contributed by atoms with Crippen LogP contribution in [0.3, 0.4) is 0 Å². The standard InChI is InChI=1S/C52H30N4OS/c1-3-10-31(11-4-1)36-14-9-15-37(28-36)49-54-50(56-51(55-49)39-25-27-45-42(30-39)40-16-7-8-17-44(40)58-45)38-23-19-32-18-20-33-21-22-34-24-26-43-48(47(34)46(33)41(32)29-38)57-52(53-43)35-12-5-2-6-13-35/h1-30H. The molecule has 6 heteroatoms. The molecule has 9 aromatic carbocycles. The van der Waals surface area contributed by atoms with Crippen molar-refractivity contribution in [2.75, 3.05) is 0 Å². The number of aromatic nitrogens is 4. The van der Waals surface area contributed by atoms with E-state index in [1.807, 2.05) is 42.5 Å². The molecule has 0 bridgehead atoms. The molecule has 3 aromatic heterocycles. The van der Waals surface area contributed by atoms with Gasteiger partial charge in [-0.05, 0) is 87.3 Å². The average Bonchev–Trinajstić information content (AvgIpc) is 3.91. The molecule has 0 fully saturated rings. The van der Waals surface area contributed by atoms with Gasteiger partial charge in [0.25, 0.3) is 0 Å². The van der Waals surface area contributed by atoms with Crippen molar-refractivity contribution in [3.8, 4) is 56.7 Å². The van der Waals surface area contributed by atoms with Gasteiger partial charge in [0.05, 0.1) is 0 Å². The van der Waals surface area contributed by atoms with Gasteiger partial charge in [-0.2, -0.15) is 0 Å². The summed E-state index contributed by atoms with van der Waals surface area (Å²) in [6.07, 6.45) is 0. The normalized spacial score (nSPS) is 11.8. The van der Waals surface area contributed by atoms with E-state index in [0.29, 0.717) is 23.4 Å². The van der Waals surface area contributed by atoms with E-state index in [-0.39, 0.29) is 0 Å². The molecule has 3 heterocycles. The number of hydrogen-bond acceptors (Lipinski definition) is 6. The van der Waals surface area contributed by atoms with E-state index in [1.165, 1.54) is 20.2 Å². The van der Waals surface area contributed by atoms with Crippen LogP contribution in [-0.4, -0.2) is 19.9 Å². The Morgan fingerprint density at radius 1 is 0.345 bits per heavy atom. The third-order valence-electron chi connectivity index (χ3n) is 11.1. The largest absolute Gasteiger partial charge is 0.435 e. The summed E-state index contributed by atoms with van der Waals surface area (Å²) in [7, 11) is 0. The average molecular weight is 759 g/mol. The van der Waals surface area contributed by atoms with Crippen molar-refractivity contribution < 1.29 is 4.42 Å². The minimum atomic E-state index is 0.607. The van der Waals surface area contributed by atoms with Gasteiger partial charge in [0.1, 0.15) is 5.52 Å². The molecule has 0 spiro atoms. The van der Waals surface area contributed by atoms with Crippen molar-refractivity contribution in [2.45, 2.75) is 0 Å². The number of rotatable bonds is 5. The van der Waals surface area contributed by atoms with Gasteiger partial charge in [-0.15, -0.1) is 11.3 Å². The zero-order chi connectivity index (χ0) is 38.2. The second kappa shape index (κ2) is 13.0. The maximum absolute atomic E-state index is 6.62. The quantitative estimate of drug-likeness (QED) is 0.164. The lowest BCUT2D eigenvalue weighted by Crippen LogP contribution is -2.00. The Bertz CT molecular complexity index is 3570. The molecule has 5 nitrogen and oxygen atoms in total. The zero-order valence-corrected chi connectivity index (χ0v) is 31.7. The first-order valence-electron chi connectivity index (χ1n) is 19.3. The van der Waals surface area contributed by atoms with Gasteiger partial charge in [-0.25, -0.2) is 19.9 Å². The van der Waals surface area contributed by atoms with Crippen LogP contribution in [0.15, 0.2) is 186 Å². The van der Waals surface area contributed by atoms with E-state index in [4.69, 9.17) is 24.4 Å². The molecule has 0 atom stereocenters. The van der Waals surface area contributed by atoms with Crippen molar-refractivity contribution in [1.29, 1.82) is 0 Å². The minimum absolute atomic E-state index is 0.607. The first-order valence-corrected chi connectivity index (χ1v) is 20.1. The molecule has 270 valence electrons. The highest BCUT2D eigenvalue weighted by atomic mass is 32.1. The van der Waals surface area contributed by atoms with Gasteiger partial charge in [0.2, 0.25) is 5.89 Å². The highest BCUT2D eigenvalue weighted by Gasteiger charge is 2.18. The molecule has 0 unspecified atom stereocenters. The third-order valence-corrected chi connectivity index (χ3v) is 12.3. The maximum atomic E-state index is 6.62. The lowest BCUT2D eigenvalue weighted by Gasteiger charge is -2.12. The van der Waals surface area contributed by atoms with Crippen LogP contribution in [0.2, 0.25) is 0 Å².